The van der Waals surface area contributed by atoms with E-state index in [0.717, 1.165) is 13.0 Å². The lowest BCUT2D eigenvalue weighted by Crippen LogP contribution is -2.05. The fourth-order valence-corrected chi connectivity index (χ4v) is 1.72. The Bertz CT molecular complexity index is 76.8. The van der Waals surface area contributed by atoms with E-state index in [-0.39, 0.29) is 0 Å². The van der Waals surface area contributed by atoms with Gasteiger partial charge in [-0.1, -0.05) is 6.92 Å². The van der Waals surface area contributed by atoms with Crippen LogP contribution in [-0.4, -0.2) is 19.4 Å². The molecule has 2 unspecified atom stereocenters. The molecule has 0 amide bonds. The average Bonchev–Trinajstić information content (AvgIpc) is 2.14. The number of hydrogen-bond donors (Lipinski definition) is 0. The van der Waals surface area contributed by atoms with Crippen LogP contribution in [0.2, 0.25) is 0 Å². The second-order valence-corrected chi connectivity index (χ2v) is 3.22. The van der Waals surface area contributed by atoms with E-state index in [1.165, 1.54) is 0 Å². The first kappa shape index (κ1) is 6.47. The molecule has 48 valence electrons. The summed E-state index contributed by atoms with van der Waals surface area (Å²) in [7, 11) is -0.510. The first-order valence-electron chi connectivity index (χ1n) is 2.86. The minimum atomic E-state index is -0.510. The van der Waals surface area contributed by atoms with Crippen LogP contribution in [0.4, 0.5) is 0 Å². The van der Waals surface area contributed by atoms with Crippen LogP contribution < -0.4 is 0 Å². The van der Waals surface area contributed by atoms with Gasteiger partial charge in [0.05, 0.1) is 12.7 Å². The predicted octanol–water partition coefficient (Wildman–Crippen LogP) is 1.75. The van der Waals surface area contributed by atoms with E-state index < -0.39 is 8.38 Å². The van der Waals surface area contributed by atoms with E-state index in [1.807, 2.05) is 6.66 Å². The topological polar surface area (TPSA) is 18.5 Å². The Morgan fingerprint density at radius 1 is 1.75 bits per heavy atom. The van der Waals surface area contributed by atoms with Crippen LogP contribution in [0, 0.1) is 0 Å². The van der Waals surface area contributed by atoms with Crippen molar-refractivity contribution in [1.29, 1.82) is 0 Å². The third kappa shape index (κ3) is 1.41. The van der Waals surface area contributed by atoms with E-state index in [2.05, 4.69) is 6.92 Å². The van der Waals surface area contributed by atoms with Crippen molar-refractivity contribution in [3.63, 3.8) is 0 Å². The van der Waals surface area contributed by atoms with Crippen LogP contribution in [0.25, 0.3) is 0 Å². The van der Waals surface area contributed by atoms with Crippen LogP contribution >= 0.6 is 8.38 Å². The van der Waals surface area contributed by atoms with Gasteiger partial charge in [0.15, 0.2) is 8.38 Å². The highest BCUT2D eigenvalue weighted by Crippen LogP contribution is 2.41. The van der Waals surface area contributed by atoms with Crippen molar-refractivity contribution in [3.8, 4) is 0 Å². The van der Waals surface area contributed by atoms with Gasteiger partial charge < -0.3 is 9.05 Å². The maximum atomic E-state index is 5.35. The molecule has 0 saturated carbocycles. The lowest BCUT2D eigenvalue weighted by Gasteiger charge is -2.01. The molecule has 1 aliphatic rings. The summed E-state index contributed by atoms with van der Waals surface area (Å²) < 4.78 is 10.6. The minimum absolute atomic E-state index is 0.381. The van der Waals surface area contributed by atoms with Crippen LogP contribution in [0.15, 0.2) is 0 Å². The highest BCUT2D eigenvalue weighted by atomic mass is 31.2. The summed E-state index contributed by atoms with van der Waals surface area (Å²) in [5, 5.41) is 0. The molecule has 2 atom stereocenters. The van der Waals surface area contributed by atoms with E-state index in [9.17, 15) is 0 Å². The fraction of sp³-hybridized carbons (Fsp3) is 1.00. The average molecular weight is 134 g/mol. The molecular formula is C5H11O2P. The number of hydrogen-bond acceptors (Lipinski definition) is 2. The third-order valence-electron chi connectivity index (χ3n) is 1.20. The minimum Gasteiger partial charge on any atom is -0.331 e. The van der Waals surface area contributed by atoms with Gasteiger partial charge in [-0.3, -0.25) is 0 Å². The van der Waals surface area contributed by atoms with Crippen LogP contribution in [0.3, 0.4) is 0 Å². The zero-order valence-corrected chi connectivity index (χ0v) is 6.15. The van der Waals surface area contributed by atoms with E-state index in [4.69, 9.17) is 9.05 Å². The largest absolute Gasteiger partial charge is 0.331 e. The maximum absolute atomic E-state index is 5.35. The van der Waals surface area contributed by atoms with E-state index >= 15 is 0 Å². The summed E-state index contributed by atoms with van der Waals surface area (Å²) in [5.41, 5.74) is 0. The molecule has 1 rings (SSSR count). The van der Waals surface area contributed by atoms with Crippen molar-refractivity contribution in [2.75, 3.05) is 13.3 Å². The SMILES string of the molecule is CCC1COP(C)O1. The predicted molar refractivity (Wildman–Crippen MR) is 34.0 cm³/mol. The number of rotatable bonds is 1. The Hall–Kier alpha value is 0.350. The standard InChI is InChI=1S/C5H11O2P/c1-3-5-4-6-8(2)7-5/h5H,3-4H2,1-2H3. The molecule has 0 aliphatic carbocycles. The lowest BCUT2D eigenvalue weighted by atomic mass is 10.3. The van der Waals surface area contributed by atoms with Crippen molar-refractivity contribution in [3.05, 3.63) is 0 Å². The van der Waals surface area contributed by atoms with Gasteiger partial charge in [-0.2, -0.15) is 0 Å². The highest BCUT2D eigenvalue weighted by Gasteiger charge is 2.20. The van der Waals surface area contributed by atoms with Crippen molar-refractivity contribution in [2.24, 2.45) is 0 Å². The molecule has 0 spiro atoms. The van der Waals surface area contributed by atoms with Gasteiger partial charge in [-0.05, 0) is 6.42 Å². The molecule has 0 aromatic rings. The summed E-state index contributed by atoms with van der Waals surface area (Å²) >= 11 is 0. The van der Waals surface area contributed by atoms with E-state index in [0.29, 0.717) is 6.10 Å². The van der Waals surface area contributed by atoms with Gasteiger partial charge in [-0.15, -0.1) is 0 Å². The molecule has 1 fully saturated rings. The van der Waals surface area contributed by atoms with Gasteiger partial charge in [-0.25, -0.2) is 0 Å². The summed E-state index contributed by atoms with van der Waals surface area (Å²) in [5.74, 6) is 0. The van der Waals surface area contributed by atoms with E-state index in [1.54, 1.807) is 0 Å². The smallest absolute Gasteiger partial charge is 0.167 e. The summed E-state index contributed by atoms with van der Waals surface area (Å²) in [6.07, 6.45) is 1.46. The lowest BCUT2D eigenvalue weighted by molar-refractivity contribution is 0.235. The highest BCUT2D eigenvalue weighted by molar-refractivity contribution is 7.46. The fourth-order valence-electron chi connectivity index (χ4n) is 0.651. The molecule has 1 aliphatic heterocycles. The van der Waals surface area contributed by atoms with Gasteiger partial charge in [0.2, 0.25) is 0 Å². The second-order valence-electron chi connectivity index (χ2n) is 1.87. The Morgan fingerprint density at radius 2 is 2.50 bits per heavy atom. The zero-order chi connectivity index (χ0) is 5.98. The summed E-state index contributed by atoms with van der Waals surface area (Å²) in [6.45, 7) is 4.91. The zero-order valence-electron chi connectivity index (χ0n) is 5.26. The molecule has 0 radical (unpaired) electrons. The maximum Gasteiger partial charge on any atom is 0.167 e. The summed E-state index contributed by atoms with van der Waals surface area (Å²) in [4.78, 5) is 0. The van der Waals surface area contributed by atoms with Gasteiger partial charge in [0.1, 0.15) is 0 Å². The van der Waals surface area contributed by atoms with Gasteiger partial charge in [0.25, 0.3) is 0 Å². The van der Waals surface area contributed by atoms with Gasteiger partial charge in [0, 0.05) is 6.66 Å². The van der Waals surface area contributed by atoms with Crippen LogP contribution in [-0.2, 0) is 9.05 Å². The monoisotopic (exact) mass is 134 g/mol. The van der Waals surface area contributed by atoms with Crippen molar-refractivity contribution >= 4 is 8.38 Å². The second kappa shape index (κ2) is 2.77. The van der Waals surface area contributed by atoms with Crippen molar-refractivity contribution < 1.29 is 9.05 Å². The molecule has 0 aromatic heterocycles. The molecule has 1 heterocycles. The molecule has 0 aromatic carbocycles. The molecule has 2 nitrogen and oxygen atoms in total. The molecule has 0 bridgehead atoms. The van der Waals surface area contributed by atoms with Crippen molar-refractivity contribution in [1.82, 2.24) is 0 Å². The molecule has 8 heavy (non-hydrogen) atoms. The Kier molecular flexibility index (Phi) is 2.24. The Balaban J connectivity index is 2.22. The Morgan fingerprint density at radius 3 is 2.75 bits per heavy atom. The quantitative estimate of drug-likeness (QED) is 0.508. The first-order valence-corrected chi connectivity index (χ1v) is 4.49. The summed E-state index contributed by atoms with van der Waals surface area (Å²) in [6, 6.07) is 0. The Labute approximate surface area is 51.1 Å². The third-order valence-corrected chi connectivity index (χ3v) is 2.30. The normalized spacial score (nSPS) is 38.2. The molecular weight excluding hydrogens is 123 g/mol. The first-order chi connectivity index (χ1) is 3.83. The molecule has 1 saturated heterocycles. The molecule has 3 heteroatoms. The van der Waals surface area contributed by atoms with Crippen molar-refractivity contribution in [2.45, 2.75) is 19.4 Å². The van der Waals surface area contributed by atoms with Gasteiger partial charge >= 0.3 is 0 Å². The van der Waals surface area contributed by atoms with Crippen LogP contribution in [0.1, 0.15) is 13.3 Å². The van der Waals surface area contributed by atoms with Crippen LogP contribution in [0.5, 0.6) is 0 Å². The molecule has 0 N–H and O–H groups in total.